The Labute approximate surface area is 154 Å². The summed E-state index contributed by atoms with van der Waals surface area (Å²) in [4.78, 5) is 22.7. The van der Waals surface area contributed by atoms with Crippen LogP contribution in [0.5, 0.6) is 0 Å². The molecule has 1 amide bonds. The Kier molecular flexibility index (Phi) is 5.40. The highest BCUT2D eigenvalue weighted by Gasteiger charge is 2.14. The number of rotatable bonds is 5. The molecule has 126 valence electrons. The van der Waals surface area contributed by atoms with Crippen LogP contribution in [0.15, 0.2) is 71.3 Å². The zero-order valence-electron chi connectivity index (χ0n) is 13.7. The molecule has 6 heteroatoms. The van der Waals surface area contributed by atoms with E-state index in [2.05, 4.69) is 31.2 Å². The van der Waals surface area contributed by atoms with Crippen molar-refractivity contribution in [3.63, 3.8) is 0 Å². The Morgan fingerprint density at radius 2 is 1.80 bits per heavy atom. The number of halogens is 1. The van der Waals surface area contributed by atoms with Crippen molar-refractivity contribution >= 4 is 33.5 Å². The number of anilines is 2. The minimum absolute atomic E-state index is 0.148. The monoisotopic (exact) mass is 396 g/mol. The van der Waals surface area contributed by atoms with Crippen molar-refractivity contribution in [1.82, 2.24) is 14.9 Å². The Morgan fingerprint density at radius 1 is 1.08 bits per heavy atom. The van der Waals surface area contributed by atoms with Crippen LogP contribution in [0, 0.1) is 0 Å². The molecule has 0 aliphatic carbocycles. The molecule has 3 aromatic rings. The normalized spacial score (nSPS) is 10.3. The van der Waals surface area contributed by atoms with Gasteiger partial charge in [-0.2, -0.15) is 0 Å². The van der Waals surface area contributed by atoms with Crippen LogP contribution in [0.25, 0.3) is 0 Å². The molecule has 0 aliphatic heterocycles. The third-order valence-corrected chi connectivity index (χ3v) is 4.11. The lowest BCUT2D eigenvalue weighted by atomic mass is 10.2. The van der Waals surface area contributed by atoms with Gasteiger partial charge in [-0.15, -0.1) is 0 Å². The third-order valence-electron chi connectivity index (χ3n) is 3.58. The first kappa shape index (κ1) is 17.1. The number of nitrogens with one attached hydrogen (secondary N) is 1. The second-order valence-corrected chi connectivity index (χ2v) is 6.46. The van der Waals surface area contributed by atoms with Gasteiger partial charge >= 0.3 is 0 Å². The molecule has 1 heterocycles. The molecule has 0 unspecified atom stereocenters. The van der Waals surface area contributed by atoms with E-state index in [1.54, 1.807) is 24.2 Å². The van der Waals surface area contributed by atoms with E-state index in [9.17, 15) is 4.79 Å². The maximum absolute atomic E-state index is 12.6. The molecule has 5 nitrogen and oxygen atoms in total. The van der Waals surface area contributed by atoms with Gasteiger partial charge in [0.25, 0.3) is 5.91 Å². The smallest absolute Gasteiger partial charge is 0.272 e. The summed E-state index contributed by atoms with van der Waals surface area (Å²) < 4.78 is 0.991. The highest BCUT2D eigenvalue weighted by molar-refractivity contribution is 9.10. The largest absolute Gasteiger partial charge is 0.336 e. The first-order chi connectivity index (χ1) is 12.1. The lowest BCUT2D eigenvalue weighted by Crippen LogP contribution is -2.27. The molecule has 0 bridgehead atoms. The van der Waals surface area contributed by atoms with Crippen LogP contribution >= 0.6 is 15.9 Å². The van der Waals surface area contributed by atoms with Gasteiger partial charge in [0.05, 0.1) is 0 Å². The van der Waals surface area contributed by atoms with E-state index >= 15 is 0 Å². The van der Waals surface area contributed by atoms with Gasteiger partial charge in [-0.3, -0.25) is 4.79 Å². The van der Waals surface area contributed by atoms with E-state index in [-0.39, 0.29) is 5.91 Å². The van der Waals surface area contributed by atoms with E-state index < -0.39 is 0 Å². The lowest BCUT2D eigenvalue weighted by Gasteiger charge is -2.17. The number of benzene rings is 2. The topological polar surface area (TPSA) is 58.1 Å². The van der Waals surface area contributed by atoms with Crippen LogP contribution in [-0.4, -0.2) is 27.8 Å². The number of hydrogen-bond donors (Lipinski definition) is 1. The number of amides is 1. The Morgan fingerprint density at radius 3 is 2.52 bits per heavy atom. The molecule has 0 saturated heterocycles. The molecule has 3 rings (SSSR count). The minimum Gasteiger partial charge on any atom is -0.336 e. The molecule has 25 heavy (non-hydrogen) atoms. The molecular formula is C19H17BrN4O. The molecule has 0 fully saturated rings. The molecular weight excluding hydrogens is 380 g/mol. The maximum Gasteiger partial charge on any atom is 0.272 e. The van der Waals surface area contributed by atoms with Crippen molar-refractivity contribution < 1.29 is 4.79 Å². The number of nitrogens with zero attached hydrogens (tertiary/aromatic N) is 3. The zero-order valence-corrected chi connectivity index (χ0v) is 15.3. The summed E-state index contributed by atoms with van der Waals surface area (Å²) >= 11 is 3.40. The highest BCUT2D eigenvalue weighted by Crippen LogP contribution is 2.17. The fraction of sp³-hybridized carbons (Fsp3) is 0.105. The van der Waals surface area contributed by atoms with Gasteiger partial charge in [0, 0.05) is 29.9 Å². The number of carbonyl (C=O) groups excluding carboxylic acids is 1. The predicted molar refractivity (Wildman–Crippen MR) is 102 cm³/mol. The first-order valence-electron chi connectivity index (χ1n) is 7.77. The van der Waals surface area contributed by atoms with Crippen LogP contribution in [0.1, 0.15) is 16.1 Å². The second-order valence-electron chi connectivity index (χ2n) is 5.54. The van der Waals surface area contributed by atoms with Crippen molar-refractivity contribution in [3.8, 4) is 0 Å². The molecule has 1 aromatic heterocycles. The van der Waals surface area contributed by atoms with Gasteiger partial charge in [-0.05, 0) is 35.9 Å². The van der Waals surface area contributed by atoms with E-state index in [1.807, 2.05) is 54.6 Å². The molecule has 0 radical (unpaired) electrons. The van der Waals surface area contributed by atoms with Crippen LogP contribution in [0.2, 0.25) is 0 Å². The number of aromatic nitrogens is 2. The summed E-state index contributed by atoms with van der Waals surface area (Å²) in [5.74, 6) is 0.242. The Balaban J connectivity index is 1.71. The maximum atomic E-state index is 12.6. The zero-order chi connectivity index (χ0) is 17.6. The average molecular weight is 397 g/mol. The van der Waals surface area contributed by atoms with E-state index in [4.69, 9.17) is 0 Å². The van der Waals surface area contributed by atoms with Gasteiger partial charge in [0.2, 0.25) is 5.95 Å². The van der Waals surface area contributed by atoms with Gasteiger partial charge in [-0.1, -0.05) is 46.3 Å². The van der Waals surface area contributed by atoms with Gasteiger partial charge in [0.15, 0.2) is 0 Å². The molecule has 2 aromatic carbocycles. The second kappa shape index (κ2) is 7.90. The average Bonchev–Trinajstić information content (AvgIpc) is 2.64. The fourth-order valence-electron chi connectivity index (χ4n) is 2.32. The van der Waals surface area contributed by atoms with Crippen molar-refractivity contribution in [2.24, 2.45) is 0 Å². The van der Waals surface area contributed by atoms with Gasteiger partial charge in [0.1, 0.15) is 5.69 Å². The summed E-state index contributed by atoms with van der Waals surface area (Å²) in [6.07, 6.45) is 1.58. The standard InChI is InChI=1S/C19H17BrN4O/c1-24(13-14-5-3-2-4-6-14)18(25)17-11-12-21-19(23-17)22-16-9-7-15(20)8-10-16/h2-12H,13H2,1H3,(H,21,22,23). The van der Waals surface area contributed by atoms with Gasteiger partial charge in [-0.25, -0.2) is 9.97 Å². The summed E-state index contributed by atoms with van der Waals surface area (Å²) in [5, 5.41) is 3.10. The van der Waals surface area contributed by atoms with Gasteiger partial charge < -0.3 is 10.2 Å². The third kappa shape index (κ3) is 4.64. The SMILES string of the molecule is CN(Cc1ccccc1)C(=O)c1ccnc(Nc2ccc(Br)cc2)n1. The molecule has 1 N–H and O–H groups in total. The van der Waals surface area contributed by atoms with E-state index in [0.29, 0.717) is 18.2 Å². The summed E-state index contributed by atoms with van der Waals surface area (Å²) in [5.41, 5.74) is 2.28. The Bertz CT molecular complexity index is 853. The fourth-order valence-corrected chi connectivity index (χ4v) is 2.59. The van der Waals surface area contributed by atoms with Crippen LogP contribution in [0.4, 0.5) is 11.6 Å². The summed E-state index contributed by atoms with van der Waals surface area (Å²) in [6, 6.07) is 19.1. The summed E-state index contributed by atoms with van der Waals surface area (Å²) in [7, 11) is 1.76. The van der Waals surface area contributed by atoms with Crippen LogP contribution < -0.4 is 5.32 Å². The quantitative estimate of drug-likeness (QED) is 0.699. The van der Waals surface area contributed by atoms with Crippen LogP contribution in [-0.2, 0) is 6.54 Å². The van der Waals surface area contributed by atoms with Crippen molar-refractivity contribution in [1.29, 1.82) is 0 Å². The van der Waals surface area contributed by atoms with Crippen molar-refractivity contribution in [3.05, 3.63) is 82.6 Å². The summed E-state index contributed by atoms with van der Waals surface area (Å²) in [6.45, 7) is 0.527. The van der Waals surface area contributed by atoms with Crippen molar-refractivity contribution in [2.75, 3.05) is 12.4 Å². The van der Waals surface area contributed by atoms with Crippen LogP contribution in [0.3, 0.4) is 0 Å². The van der Waals surface area contributed by atoms with E-state index in [0.717, 1.165) is 15.7 Å². The Hall–Kier alpha value is -2.73. The van der Waals surface area contributed by atoms with Crippen molar-refractivity contribution in [2.45, 2.75) is 6.54 Å². The lowest BCUT2D eigenvalue weighted by molar-refractivity contribution is 0.0779. The number of hydrogen-bond acceptors (Lipinski definition) is 4. The molecule has 0 aliphatic rings. The predicted octanol–water partition coefficient (Wildman–Crippen LogP) is 4.25. The van der Waals surface area contributed by atoms with E-state index in [1.165, 1.54) is 0 Å². The number of carbonyl (C=O) groups is 1. The molecule has 0 saturated carbocycles. The first-order valence-corrected chi connectivity index (χ1v) is 8.56. The molecule has 0 spiro atoms. The molecule has 0 atom stereocenters. The minimum atomic E-state index is -0.148. The highest BCUT2D eigenvalue weighted by atomic mass is 79.9.